The fourth-order valence-corrected chi connectivity index (χ4v) is 8.68. The van der Waals surface area contributed by atoms with Gasteiger partial charge in [-0.3, -0.25) is 14.4 Å². The van der Waals surface area contributed by atoms with Crippen LogP contribution in [0.3, 0.4) is 0 Å². The minimum atomic E-state index is -0.796. The fraction of sp³-hybridized carbons (Fsp3) is 0.676. The van der Waals surface area contributed by atoms with Gasteiger partial charge in [-0.1, -0.05) is 271 Å². The summed E-state index contributed by atoms with van der Waals surface area (Å²) in [6.07, 6.45) is 89.3. The smallest absolute Gasteiger partial charge is 0.306 e. The predicted octanol–water partition coefficient (Wildman–Crippen LogP) is 22.0. The van der Waals surface area contributed by atoms with E-state index in [4.69, 9.17) is 14.2 Å². The van der Waals surface area contributed by atoms with E-state index in [1.807, 2.05) is 0 Å². The highest BCUT2D eigenvalue weighted by molar-refractivity contribution is 5.71. The van der Waals surface area contributed by atoms with Crippen LogP contribution in [0.2, 0.25) is 0 Å². The van der Waals surface area contributed by atoms with E-state index in [0.717, 1.165) is 141 Å². The number of allylic oxidation sites excluding steroid dienone is 20. The second kappa shape index (κ2) is 64.3. The van der Waals surface area contributed by atoms with Crippen LogP contribution in [0.5, 0.6) is 0 Å². The van der Waals surface area contributed by atoms with Crippen molar-refractivity contribution < 1.29 is 28.6 Å². The zero-order chi connectivity index (χ0) is 55.7. The molecule has 0 fully saturated rings. The molecule has 0 radical (unpaired) electrons. The average molecular weight is 1070 g/mol. The second-order valence-electron chi connectivity index (χ2n) is 20.9. The van der Waals surface area contributed by atoms with E-state index < -0.39 is 6.10 Å². The molecule has 0 saturated carbocycles. The highest BCUT2D eigenvalue weighted by atomic mass is 16.6. The first-order valence-corrected chi connectivity index (χ1v) is 32.0. The molecule has 77 heavy (non-hydrogen) atoms. The number of carbonyl (C=O) groups excluding carboxylic acids is 3. The van der Waals surface area contributed by atoms with E-state index in [1.54, 1.807) is 0 Å². The monoisotopic (exact) mass is 1070 g/mol. The zero-order valence-corrected chi connectivity index (χ0v) is 50.2. The van der Waals surface area contributed by atoms with Gasteiger partial charge in [0, 0.05) is 19.3 Å². The maximum atomic E-state index is 12.9. The van der Waals surface area contributed by atoms with Gasteiger partial charge < -0.3 is 14.2 Å². The summed E-state index contributed by atoms with van der Waals surface area (Å²) in [5, 5.41) is 0. The van der Waals surface area contributed by atoms with Crippen LogP contribution in [0.4, 0.5) is 0 Å². The first kappa shape index (κ1) is 72.8. The average Bonchev–Trinajstić information content (AvgIpc) is 3.43. The summed E-state index contributed by atoms with van der Waals surface area (Å²) < 4.78 is 16.9. The molecule has 0 bridgehead atoms. The van der Waals surface area contributed by atoms with Gasteiger partial charge in [-0.25, -0.2) is 0 Å². The maximum Gasteiger partial charge on any atom is 0.306 e. The molecule has 0 amide bonds. The Morgan fingerprint density at radius 2 is 0.506 bits per heavy atom. The van der Waals surface area contributed by atoms with Gasteiger partial charge in [-0.15, -0.1) is 0 Å². The Kier molecular flexibility index (Phi) is 60.8. The minimum absolute atomic E-state index is 0.0912. The van der Waals surface area contributed by atoms with Crippen molar-refractivity contribution in [2.75, 3.05) is 13.2 Å². The van der Waals surface area contributed by atoms with Crippen molar-refractivity contribution in [2.24, 2.45) is 0 Å². The number of rotatable bonds is 57. The molecule has 0 rings (SSSR count). The molecular formula is C71H118O6. The van der Waals surface area contributed by atoms with Crippen LogP contribution in [-0.4, -0.2) is 37.2 Å². The van der Waals surface area contributed by atoms with Crippen LogP contribution in [0.15, 0.2) is 122 Å². The Balaban J connectivity index is 4.22. The van der Waals surface area contributed by atoms with Crippen molar-refractivity contribution in [1.82, 2.24) is 0 Å². The first-order valence-electron chi connectivity index (χ1n) is 32.0. The SMILES string of the molecule is CC/C=C\C/C=C\C/C=C\C/C=C\C/C=C\CCCCCCCCCCCCCCCCCC(=O)OCC(COC(=O)CCCCCCC/C=C\CCCC)OC(=O)CCCCCC/C=C\C/C=C\C/C=C\C/C=C\CC. The van der Waals surface area contributed by atoms with Gasteiger partial charge in [0.2, 0.25) is 0 Å². The topological polar surface area (TPSA) is 78.9 Å². The molecule has 0 aromatic heterocycles. The maximum absolute atomic E-state index is 12.9. The van der Waals surface area contributed by atoms with Crippen LogP contribution >= 0.6 is 0 Å². The molecule has 0 aliphatic rings. The Bertz CT molecular complexity index is 1600. The van der Waals surface area contributed by atoms with Crippen molar-refractivity contribution >= 4 is 17.9 Å². The molecule has 1 unspecified atom stereocenters. The Labute approximate surface area is 475 Å². The van der Waals surface area contributed by atoms with Gasteiger partial charge in [-0.2, -0.15) is 0 Å². The molecule has 0 aromatic carbocycles. The van der Waals surface area contributed by atoms with E-state index in [-0.39, 0.29) is 31.1 Å². The van der Waals surface area contributed by atoms with E-state index in [2.05, 4.69) is 142 Å². The molecule has 0 aromatic rings. The molecular weight excluding hydrogens is 949 g/mol. The number of ether oxygens (including phenoxy) is 3. The van der Waals surface area contributed by atoms with Crippen molar-refractivity contribution in [3.8, 4) is 0 Å². The summed E-state index contributed by atoms with van der Waals surface area (Å²) in [6, 6.07) is 0. The largest absolute Gasteiger partial charge is 0.462 e. The van der Waals surface area contributed by atoms with E-state index in [1.165, 1.54) is 109 Å². The molecule has 0 saturated heterocycles. The third-order valence-corrected chi connectivity index (χ3v) is 13.4. The van der Waals surface area contributed by atoms with Crippen molar-refractivity contribution in [1.29, 1.82) is 0 Å². The Hall–Kier alpha value is -4.19. The summed E-state index contributed by atoms with van der Waals surface area (Å²) in [7, 11) is 0. The molecule has 0 spiro atoms. The molecule has 438 valence electrons. The Morgan fingerprint density at radius 3 is 0.805 bits per heavy atom. The lowest BCUT2D eigenvalue weighted by atomic mass is 10.0. The van der Waals surface area contributed by atoms with Crippen molar-refractivity contribution in [2.45, 2.75) is 297 Å². The number of carbonyl (C=O) groups is 3. The van der Waals surface area contributed by atoms with Gasteiger partial charge in [0.05, 0.1) is 0 Å². The van der Waals surface area contributed by atoms with E-state index in [0.29, 0.717) is 19.3 Å². The van der Waals surface area contributed by atoms with E-state index in [9.17, 15) is 14.4 Å². The normalized spacial score (nSPS) is 12.9. The summed E-state index contributed by atoms with van der Waals surface area (Å²) in [6.45, 7) is 6.36. The molecule has 0 aliphatic carbocycles. The Morgan fingerprint density at radius 1 is 0.273 bits per heavy atom. The zero-order valence-electron chi connectivity index (χ0n) is 50.2. The highest BCUT2D eigenvalue weighted by Gasteiger charge is 2.19. The number of hydrogen-bond acceptors (Lipinski definition) is 6. The van der Waals surface area contributed by atoms with Gasteiger partial charge in [-0.05, 0) is 122 Å². The molecule has 0 aliphatic heterocycles. The lowest BCUT2D eigenvalue weighted by Gasteiger charge is -2.18. The molecule has 0 N–H and O–H groups in total. The molecule has 6 heteroatoms. The standard InChI is InChI=1S/C71H118O6/c1-4-7-10-13-16-19-22-24-26-28-29-30-31-32-33-34-35-36-37-38-39-40-41-43-44-46-49-52-55-58-61-64-70(73)76-67-68(66-75-69(72)63-60-57-54-51-48-21-18-15-12-9-6-3)77-71(74)65-62-59-56-53-50-47-45-42-27-25-23-20-17-14-11-8-5-2/h7-8,10-11,15-20,24-27,29-30,32-33,45,47,68H,4-6,9,12-14,21-23,28,31,34-44,46,48-67H2,1-3H3/b10-7-,11-8-,18-15-,19-16-,20-17-,26-24-,27-25-,30-29-,33-32-,47-45-. The number of esters is 3. The van der Waals surface area contributed by atoms with Gasteiger partial charge >= 0.3 is 17.9 Å². The second-order valence-corrected chi connectivity index (χ2v) is 20.9. The third kappa shape index (κ3) is 62.5. The van der Waals surface area contributed by atoms with E-state index >= 15 is 0 Å². The summed E-state index contributed by atoms with van der Waals surface area (Å²) in [5.41, 5.74) is 0. The van der Waals surface area contributed by atoms with Gasteiger partial charge in [0.1, 0.15) is 13.2 Å². The summed E-state index contributed by atoms with van der Waals surface area (Å²) >= 11 is 0. The highest BCUT2D eigenvalue weighted by Crippen LogP contribution is 2.16. The minimum Gasteiger partial charge on any atom is -0.462 e. The van der Waals surface area contributed by atoms with Crippen LogP contribution < -0.4 is 0 Å². The number of unbranched alkanes of at least 4 members (excludes halogenated alkanes) is 26. The molecule has 0 heterocycles. The summed E-state index contributed by atoms with van der Waals surface area (Å²) in [4.78, 5) is 38.2. The summed E-state index contributed by atoms with van der Waals surface area (Å²) in [5.74, 6) is -0.922. The predicted molar refractivity (Wildman–Crippen MR) is 334 cm³/mol. The third-order valence-electron chi connectivity index (χ3n) is 13.4. The number of hydrogen-bond donors (Lipinski definition) is 0. The quantitative estimate of drug-likeness (QED) is 0.0261. The molecule has 1 atom stereocenters. The lowest BCUT2D eigenvalue weighted by molar-refractivity contribution is -0.167. The molecule has 6 nitrogen and oxygen atoms in total. The van der Waals surface area contributed by atoms with Crippen molar-refractivity contribution in [3.05, 3.63) is 122 Å². The van der Waals surface area contributed by atoms with Crippen molar-refractivity contribution in [3.63, 3.8) is 0 Å². The van der Waals surface area contributed by atoms with Crippen LogP contribution in [0, 0.1) is 0 Å². The van der Waals surface area contributed by atoms with Gasteiger partial charge in [0.15, 0.2) is 6.10 Å². The lowest BCUT2D eigenvalue weighted by Crippen LogP contribution is -2.30. The van der Waals surface area contributed by atoms with Crippen LogP contribution in [-0.2, 0) is 28.6 Å². The first-order chi connectivity index (χ1) is 38.0. The van der Waals surface area contributed by atoms with Crippen LogP contribution in [0.1, 0.15) is 290 Å². The fourth-order valence-electron chi connectivity index (χ4n) is 8.68. The van der Waals surface area contributed by atoms with Gasteiger partial charge in [0.25, 0.3) is 0 Å². The van der Waals surface area contributed by atoms with Crippen LogP contribution in [0.25, 0.3) is 0 Å².